The van der Waals surface area contributed by atoms with Gasteiger partial charge in [-0.05, 0) is 24.5 Å². The number of carbonyl (C=O) groups is 1. The molecule has 0 bridgehead atoms. The predicted octanol–water partition coefficient (Wildman–Crippen LogP) is 3.17. The van der Waals surface area contributed by atoms with E-state index in [0.29, 0.717) is 6.42 Å². The van der Waals surface area contributed by atoms with Gasteiger partial charge in [-0.3, -0.25) is 4.79 Å². The van der Waals surface area contributed by atoms with E-state index in [1.807, 2.05) is 25.1 Å². The van der Waals surface area contributed by atoms with Gasteiger partial charge in [0.1, 0.15) is 0 Å². The van der Waals surface area contributed by atoms with Crippen molar-refractivity contribution in [1.29, 1.82) is 0 Å². The van der Waals surface area contributed by atoms with Crippen LogP contribution in [0, 0.1) is 6.92 Å². The second-order valence-electron chi connectivity index (χ2n) is 4.63. The summed E-state index contributed by atoms with van der Waals surface area (Å²) in [6.45, 7) is 5.49. The zero-order valence-electron chi connectivity index (χ0n) is 10.5. The molecule has 102 valence electrons. The van der Waals surface area contributed by atoms with Crippen molar-refractivity contribution in [3.8, 4) is 0 Å². The normalized spacial score (nSPS) is 18.9. The smallest absolute Gasteiger partial charge is 0.324 e. The molecule has 1 amide bonds. The number of benzene rings is 1. The van der Waals surface area contributed by atoms with E-state index < -0.39 is 18.1 Å². The number of hydrogen-bond acceptors (Lipinski definition) is 1. The molecule has 1 aromatic rings. The molecule has 0 spiro atoms. The molecule has 1 aliphatic rings. The molecule has 2 rings (SSSR count). The van der Waals surface area contributed by atoms with E-state index >= 15 is 0 Å². The van der Waals surface area contributed by atoms with Gasteiger partial charge < -0.3 is 4.90 Å². The van der Waals surface area contributed by atoms with Crippen LogP contribution in [0.25, 0.3) is 0 Å². The minimum atomic E-state index is -4.84. The van der Waals surface area contributed by atoms with Gasteiger partial charge in [-0.1, -0.05) is 29.8 Å². The fourth-order valence-corrected chi connectivity index (χ4v) is 2.41. The first-order chi connectivity index (χ1) is 8.84. The summed E-state index contributed by atoms with van der Waals surface area (Å²) < 4.78 is 37.7. The summed E-state index contributed by atoms with van der Waals surface area (Å²) in [7, 11) is 0. The first kappa shape index (κ1) is 13.6. The lowest BCUT2D eigenvalue weighted by Gasteiger charge is -2.36. The third kappa shape index (κ3) is 2.50. The Morgan fingerprint density at radius 1 is 1.47 bits per heavy atom. The molecule has 0 N–H and O–H groups in total. The third-order valence-electron chi connectivity index (χ3n) is 3.30. The highest BCUT2D eigenvalue weighted by Gasteiger charge is 2.45. The van der Waals surface area contributed by atoms with Crippen LogP contribution in [-0.2, 0) is 11.2 Å². The maximum Gasteiger partial charge on any atom is 0.471 e. The van der Waals surface area contributed by atoms with Crippen LogP contribution in [-0.4, -0.2) is 23.5 Å². The van der Waals surface area contributed by atoms with Crippen molar-refractivity contribution in [1.82, 2.24) is 4.90 Å². The van der Waals surface area contributed by atoms with Crippen LogP contribution in [0.15, 0.2) is 30.9 Å². The predicted molar refractivity (Wildman–Crippen MR) is 65.6 cm³/mol. The Hall–Kier alpha value is -1.78. The number of halogens is 3. The molecule has 1 atom stereocenters. The molecule has 0 aromatic heterocycles. The Bertz CT molecular complexity index is 522. The van der Waals surface area contributed by atoms with Gasteiger partial charge in [0, 0.05) is 6.54 Å². The van der Waals surface area contributed by atoms with E-state index in [2.05, 4.69) is 6.58 Å². The molecule has 1 heterocycles. The van der Waals surface area contributed by atoms with E-state index in [-0.39, 0.29) is 6.54 Å². The Balaban J connectivity index is 2.41. The van der Waals surface area contributed by atoms with Gasteiger partial charge >= 0.3 is 12.1 Å². The topological polar surface area (TPSA) is 20.3 Å². The zero-order chi connectivity index (χ0) is 14.2. The summed E-state index contributed by atoms with van der Waals surface area (Å²) in [4.78, 5) is 12.3. The molecule has 1 aromatic carbocycles. The van der Waals surface area contributed by atoms with Crippen LogP contribution < -0.4 is 0 Å². The largest absolute Gasteiger partial charge is 0.471 e. The number of aryl methyl sites for hydroxylation is 1. The Morgan fingerprint density at radius 2 is 2.16 bits per heavy atom. The second kappa shape index (κ2) is 4.72. The van der Waals surface area contributed by atoms with Crippen molar-refractivity contribution in [2.45, 2.75) is 25.6 Å². The van der Waals surface area contributed by atoms with Crippen LogP contribution in [0.5, 0.6) is 0 Å². The van der Waals surface area contributed by atoms with Crippen LogP contribution in [0.4, 0.5) is 13.2 Å². The molecule has 0 radical (unpaired) electrons. The SMILES string of the molecule is C=C[C@H]1c2cc(C)ccc2CCN1C(=O)C(F)(F)F. The fraction of sp³-hybridized carbons (Fsp3) is 0.357. The first-order valence-corrected chi connectivity index (χ1v) is 5.94. The summed E-state index contributed by atoms with van der Waals surface area (Å²) >= 11 is 0. The molecule has 1 aliphatic heterocycles. The van der Waals surface area contributed by atoms with E-state index in [0.717, 1.165) is 21.6 Å². The lowest BCUT2D eigenvalue weighted by Crippen LogP contribution is -2.46. The van der Waals surface area contributed by atoms with Crippen molar-refractivity contribution < 1.29 is 18.0 Å². The van der Waals surface area contributed by atoms with E-state index in [9.17, 15) is 18.0 Å². The molecule has 2 nitrogen and oxygen atoms in total. The Kier molecular flexibility index (Phi) is 3.39. The summed E-state index contributed by atoms with van der Waals surface area (Å²) in [5, 5.41) is 0. The van der Waals surface area contributed by atoms with Crippen LogP contribution >= 0.6 is 0 Å². The number of carbonyl (C=O) groups excluding carboxylic acids is 1. The molecular formula is C14H14F3NO. The minimum absolute atomic E-state index is 0.0606. The second-order valence-corrected chi connectivity index (χ2v) is 4.63. The quantitative estimate of drug-likeness (QED) is 0.717. The summed E-state index contributed by atoms with van der Waals surface area (Å²) in [5.74, 6) is -1.80. The van der Waals surface area contributed by atoms with Gasteiger partial charge in [0.15, 0.2) is 0 Å². The molecule has 0 saturated carbocycles. The zero-order valence-corrected chi connectivity index (χ0v) is 10.5. The number of alkyl halides is 3. The number of nitrogens with zero attached hydrogens (tertiary/aromatic N) is 1. The molecule has 5 heteroatoms. The first-order valence-electron chi connectivity index (χ1n) is 5.94. The minimum Gasteiger partial charge on any atom is -0.324 e. The van der Waals surface area contributed by atoms with Gasteiger partial charge in [0.05, 0.1) is 6.04 Å². The molecule has 0 aliphatic carbocycles. The van der Waals surface area contributed by atoms with E-state index in [1.165, 1.54) is 6.08 Å². The van der Waals surface area contributed by atoms with Gasteiger partial charge in [-0.2, -0.15) is 13.2 Å². The highest BCUT2D eigenvalue weighted by atomic mass is 19.4. The molecule has 0 fully saturated rings. The van der Waals surface area contributed by atoms with Gasteiger partial charge in [0.25, 0.3) is 0 Å². The van der Waals surface area contributed by atoms with Crippen LogP contribution in [0.2, 0.25) is 0 Å². The van der Waals surface area contributed by atoms with Gasteiger partial charge in [0.2, 0.25) is 0 Å². The van der Waals surface area contributed by atoms with Gasteiger partial charge in [-0.15, -0.1) is 6.58 Å². The lowest BCUT2D eigenvalue weighted by molar-refractivity contribution is -0.187. The average molecular weight is 269 g/mol. The third-order valence-corrected chi connectivity index (χ3v) is 3.30. The number of rotatable bonds is 1. The Morgan fingerprint density at radius 3 is 2.74 bits per heavy atom. The highest BCUT2D eigenvalue weighted by molar-refractivity contribution is 5.83. The molecule has 0 saturated heterocycles. The maximum atomic E-state index is 12.6. The molecule has 19 heavy (non-hydrogen) atoms. The average Bonchev–Trinajstić information content (AvgIpc) is 2.35. The summed E-state index contributed by atoms with van der Waals surface area (Å²) in [5.41, 5.74) is 2.66. The number of fused-ring (bicyclic) bond motifs is 1. The lowest BCUT2D eigenvalue weighted by atomic mass is 9.91. The van der Waals surface area contributed by atoms with Crippen LogP contribution in [0.3, 0.4) is 0 Å². The van der Waals surface area contributed by atoms with Crippen molar-refractivity contribution in [3.05, 3.63) is 47.5 Å². The van der Waals surface area contributed by atoms with Crippen LogP contribution in [0.1, 0.15) is 22.7 Å². The van der Waals surface area contributed by atoms with Gasteiger partial charge in [-0.25, -0.2) is 0 Å². The van der Waals surface area contributed by atoms with Crippen molar-refractivity contribution >= 4 is 5.91 Å². The maximum absolute atomic E-state index is 12.6. The van der Waals surface area contributed by atoms with Crippen molar-refractivity contribution in [2.75, 3.05) is 6.54 Å². The number of amides is 1. The standard InChI is InChI=1S/C14H14F3NO/c1-3-12-11-8-9(2)4-5-10(11)6-7-18(12)13(19)14(15,16)17/h3-5,8,12H,1,6-7H2,2H3/t12-/m0/s1. The van der Waals surface area contributed by atoms with Crippen molar-refractivity contribution in [2.24, 2.45) is 0 Å². The van der Waals surface area contributed by atoms with E-state index in [1.54, 1.807) is 0 Å². The highest BCUT2D eigenvalue weighted by Crippen LogP contribution is 2.34. The Labute approximate surface area is 109 Å². The monoisotopic (exact) mass is 269 g/mol. The number of hydrogen-bond donors (Lipinski definition) is 0. The fourth-order valence-electron chi connectivity index (χ4n) is 2.41. The summed E-state index contributed by atoms with van der Waals surface area (Å²) in [6.07, 6.45) is -3.02. The molecule has 0 unspecified atom stereocenters. The molecular weight excluding hydrogens is 255 g/mol. The summed E-state index contributed by atoms with van der Waals surface area (Å²) in [6, 6.07) is 4.92. The van der Waals surface area contributed by atoms with E-state index in [4.69, 9.17) is 0 Å². The van der Waals surface area contributed by atoms with Crippen molar-refractivity contribution in [3.63, 3.8) is 0 Å².